The van der Waals surface area contributed by atoms with Gasteiger partial charge in [-0.1, -0.05) is 49.1 Å². The van der Waals surface area contributed by atoms with Crippen molar-refractivity contribution in [1.29, 1.82) is 0 Å². The Labute approximate surface area is 181 Å². The maximum atomic E-state index is 12.7. The van der Waals surface area contributed by atoms with E-state index in [1.165, 1.54) is 16.7 Å². The first kappa shape index (κ1) is 20.0. The molecule has 1 aromatic carbocycles. The highest BCUT2D eigenvalue weighted by molar-refractivity contribution is 8.06. The molecule has 0 unspecified atom stereocenters. The third kappa shape index (κ3) is 3.67. The third-order valence-electron chi connectivity index (χ3n) is 4.61. The largest absolute Gasteiger partial charge is 0.477 e. The minimum atomic E-state index is -1.10. The molecule has 2 aliphatic rings. The predicted octanol–water partition coefficient (Wildman–Crippen LogP) is 2.87. The molecule has 2 atom stereocenters. The number of fused-ring (bicyclic) bond motifs is 1. The molecular formula is C19H18N4O3S3. The molecule has 0 radical (unpaired) electrons. The van der Waals surface area contributed by atoms with Crippen LogP contribution in [0.5, 0.6) is 0 Å². The van der Waals surface area contributed by atoms with Gasteiger partial charge in [0.2, 0.25) is 0 Å². The van der Waals surface area contributed by atoms with Gasteiger partial charge in [0.15, 0.2) is 0 Å². The molecule has 150 valence electrons. The van der Waals surface area contributed by atoms with Crippen molar-refractivity contribution in [3.63, 3.8) is 0 Å². The minimum absolute atomic E-state index is 0.0463. The van der Waals surface area contributed by atoms with Crippen LogP contribution in [0.2, 0.25) is 0 Å². The number of thioether (sulfide) groups is 2. The van der Waals surface area contributed by atoms with E-state index in [4.69, 9.17) is 12.2 Å². The Morgan fingerprint density at radius 2 is 2.14 bits per heavy atom. The lowest BCUT2D eigenvalue weighted by atomic mass is 10.1. The number of aromatic nitrogens is 2. The van der Waals surface area contributed by atoms with E-state index in [0.717, 1.165) is 10.7 Å². The summed E-state index contributed by atoms with van der Waals surface area (Å²) in [5.41, 5.74) is 0.932. The predicted molar refractivity (Wildman–Crippen MR) is 117 cm³/mol. The zero-order valence-corrected chi connectivity index (χ0v) is 17.9. The van der Waals surface area contributed by atoms with Gasteiger partial charge in [0.25, 0.3) is 5.91 Å². The molecule has 0 saturated carbocycles. The SMILES string of the molecule is CCC(=S)N[C@@H]1C(=O)N2C(C(=O)O)=C(Sc3ccnn3-c3ccccc3)CS[C@H]12. The normalized spacial score (nSPS) is 20.9. The average Bonchev–Trinajstić information content (AvgIpc) is 3.20. The second kappa shape index (κ2) is 8.21. The Hall–Kier alpha value is -2.30. The van der Waals surface area contributed by atoms with Crippen molar-refractivity contribution in [2.75, 3.05) is 5.75 Å². The van der Waals surface area contributed by atoms with E-state index in [0.29, 0.717) is 22.1 Å². The van der Waals surface area contributed by atoms with E-state index in [1.54, 1.807) is 22.6 Å². The molecule has 0 aliphatic carbocycles. The van der Waals surface area contributed by atoms with Gasteiger partial charge in [0.1, 0.15) is 22.1 Å². The van der Waals surface area contributed by atoms with E-state index in [-0.39, 0.29) is 17.0 Å². The van der Waals surface area contributed by atoms with Gasteiger partial charge in [-0.2, -0.15) is 5.10 Å². The third-order valence-corrected chi connectivity index (χ3v) is 7.58. The van der Waals surface area contributed by atoms with Crippen molar-refractivity contribution < 1.29 is 14.7 Å². The first-order valence-corrected chi connectivity index (χ1v) is 11.3. The summed E-state index contributed by atoms with van der Waals surface area (Å²) in [5, 5.41) is 17.8. The van der Waals surface area contributed by atoms with Crippen molar-refractivity contribution in [1.82, 2.24) is 20.0 Å². The van der Waals surface area contributed by atoms with Crippen LogP contribution < -0.4 is 5.32 Å². The van der Waals surface area contributed by atoms with Gasteiger partial charge in [0, 0.05) is 10.7 Å². The number of carbonyl (C=O) groups excluding carboxylic acids is 1. The van der Waals surface area contributed by atoms with E-state index in [2.05, 4.69) is 10.4 Å². The first-order chi connectivity index (χ1) is 14.0. The molecule has 1 amide bonds. The Balaban J connectivity index is 1.62. The van der Waals surface area contributed by atoms with Crippen LogP contribution in [-0.4, -0.2) is 53.8 Å². The summed E-state index contributed by atoms with van der Waals surface area (Å²) in [6, 6.07) is 11.0. The molecule has 2 aromatic rings. The van der Waals surface area contributed by atoms with Crippen LogP contribution >= 0.6 is 35.7 Å². The van der Waals surface area contributed by atoms with E-state index >= 15 is 0 Å². The second-order valence-corrected chi connectivity index (χ2v) is 9.12. The van der Waals surface area contributed by atoms with Gasteiger partial charge in [0.05, 0.1) is 16.9 Å². The Morgan fingerprint density at radius 3 is 2.83 bits per heavy atom. The van der Waals surface area contributed by atoms with Crippen LogP contribution in [0.4, 0.5) is 0 Å². The number of thiocarbonyl (C=S) groups is 1. The quantitative estimate of drug-likeness (QED) is 0.517. The first-order valence-electron chi connectivity index (χ1n) is 8.99. The number of para-hydroxylation sites is 1. The summed E-state index contributed by atoms with van der Waals surface area (Å²) in [4.78, 5) is 27.3. The Bertz CT molecular complexity index is 1010. The number of hydrogen-bond donors (Lipinski definition) is 2. The molecule has 7 nitrogen and oxygen atoms in total. The molecule has 0 spiro atoms. The lowest BCUT2D eigenvalue weighted by Gasteiger charge is -2.49. The summed E-state index contributed by atoms with van der Waals surface area (Å²) < 4.78 is 1.76. The molecule has 1 fully saturated rings. The summed E-state index contributed by atoms with van der Waals surface area (Å²) in [5.74, 6) is -0.865. The van der Waals surface area contributed by atoms with Gasteiger partial charge < -0.3 is 10.4 Å². The molecule has 2 N–H and O–H groups in total. The van der Waals surface area contributed by atoms with E-state index < -0.39 is 12.0 Å². The van der Waals surface area contributed by atoms with Gasteiger partial charge in [-0.05, 0) is 24.6 Å². The van der Waals surface area contributed by atoms with Crippen molar-refractivity contribution >= 4 is 52.6 Å². The van der Waals surface area contributed by atoms with Gasteiger partial charge >= 0.3 is 5.97 Å². The van der Waals surface area contributed by atoms with Gasteiger partial charge in [-0.25, -0.2) is 9.48 Å². The standard InChI is InChI=1S/C19H18N4O3S3/c1-2-13(27)21-15-17(24)22-16(19(25)26)12(10-28-18(15)22)29-14-8-9-20-23(14)11-6-4-3-5-7-11/h3-9,15,18H,2,10H2,1H3,(H,21,27)(H,25,26)/t15-,18-/m1/s1. The maximum Gasteiger partial charge on any atom is 0.353 e. The number of aliphatic carboxylic acids is 1. The summed E-state index contributed by atoms with van der Waals surface area (Å²) in [7, 11) is 0. The highest BCUT2D eigenvalue weighted by Crippen LogP contribution is 2.45. The highest BCUT2D eigenvalue weighted by Gasteiger charge is 2.54. The number of nitrogens with zero attached hydrogens (tertiary/aromatic N) is 3. The molecule has 2 aliphatic heterocycles. The van der Waals surface area contributed by atoms with Crippen LogP contribution in [0.25, 0.3) is 5.69 Å². The van der Waals surface area contributed by atoms with Crippen molar-refractivity contribution in [2.45, 2.75) is 29.8 Å². The Morgan fingerprint density at radius 1 is 1.38 bits per heavy atom. The van der Waals surface area contributed by atoms with Crippen LogP contribution in [0.3, 0.4) is 0 Å². The highest BCUT2D eigenvalue weighted by atomic mass is 32.2. The fourth-order valence-electron chi connectivity index (χ4n) is 3.20. The molecule has 10 heteroatoms. The Kier molecular flexibility index (Phi) is 5.66. The molecule has 3 heterocycles. The van der Waals surface area contributed by atoms with Gasteiger partial charge in [-0.15, -0.1) is 11.8 Å². The molecular weight excluding hydrogens is 428 g/mol. The lowest BCUT2D eigenvalue weighted by Crippen LogP contribution is -2.70. The van der Waals surface area contributed by atoms with Crippen LogP contribution in [0.1, 0.15) is 13.3 Å². The summed E-state index contributed by atoms with van der Waals surface area (Å²) >= 11 is 8.06. The molecule has 1 saturated heterocycles. The summed E-state index contributed by atoms with van der Waals surface area (Å²) in [6.07, 6.45) is 2.32. The zero-order chi connectivity index (χ0) is 20.5. The lowest BCUT2D eigenvalue weighted by molar-refractivity contribution is -0.148. The minimum Gasteiger partial charge on any atom is -0.477 e. The number of carboxylic acid groups (broad SMARTS) is 1. The number of hydrogen-bond acceptors (Lipinski definition) is 6. The fourth-order valence-corrected chi connectivity index (χ4v) is 5.87. The number of nitrogens with one attached hydrogen (secondary N) is 1. The number of carbonyl (C=O) groups is 2. The maximum absolute atomic E-state index is 12.7. The second-order valence-electron chi connectivity index (χ2n) is 6.40. The van der Waals surface area contributed by atoms with Crippen molar-refractivity contribution in [3.05, 3.63) is 53.2 Å². The number of amides is 1. The van der Waals surface area contributed by atoms with Crippen LogP contribution in [0, 0.1) is 0 Å². The zero-order valence-electron chi connectivity index (χ0n) is 15.4. The number of β-lactam (4-membered cyclic amide) rings is 1. The van der Waals surface area contributed by atoms with Crippen molar-refractivity contribution in [2.24, 2.45) is 0 Å². The van der Waals surface area contributed by atoms with Crippen LogP contribution in [0.15, 0.2) is 58.2 Å². The topological polar surface area (TPSA) is 87.5 Å². The molecule has 1 aromatic heterocycles. The van der Waals surface area contributed by atoms with Crippen molar-refractivity contribution in [3.8, 4) is 5.69 Å². The van der Waals surface area contributed by atoms with E-state index in [9.17, 15) is 14.7 Å². The number of carboxylic acids is 1. The monoisotopic (exact) mass is 446 g/mol. The van der Waals surface area contributed by atoms with E-state index in [1.807, 2.05) is 43.3 Å². The number of rotatable bonds is 6. The average molecular weight is 447 g/mol. The van der Waals surface area contributed by atoms with Gasteiger partial charge in [-0.3, -0.25) is 9.69 Å². The molecule has 4 rings (SSSR count). The molecule has 0 bridgehead atoms. The van der Waals surface area contributed by atoms with Crippen LogP contribution in [-0.2, 0) is 9.59 Å². The fraction of sp³-hybridized carbons (Fsp3) is 0.263. The summed E-state index contributed by atoms with van der Waals surface area (Å²) in [6.45, 7) is 1.91. The smallest absolute Gasteiger partial charge is 0.353 e. The molecule has 29 heavy (non-hydrogen) atoms. The number of benzene rings is 1.